The Kier molecular flexibility index (Phi) is 8.04. The molecule has 1 aliphatic rings. The van der Waals surface area contributed by atoms with Gasteiger partial charge in [0.1, 0.15) is 11.6 Å². The highest BCUT2D eigenvalue weighted by molar-refractivity contribution is 6.35. The fourth-order valence-electron chi connectivity index (χ4n) is 4.19. The van der Waals surface area contributed by atoms with Crippen LogP contribution in [0, 0.1) is 5.82 Å². The molecular weight excluding hydrogens is 516 g/mol. The Hall–Kier alpha value is -3.14. The first kappa shape index (κ1) is 26.5. The van der Waals surface area contributed by atoms with Crippen LogP contribution in [0.2, 0.25) is 5.02 Å². The molecule has 184 valence electrons. The van der Waals surface area contributed by atoms with Crippen LogP contribution in [0.3, 0.4) is 0 Å². The minimum Gasteiger partial charge on any atom is -0.383 e. The summed E-state index contributed by atoms with van der Waals surface area (Å²) in [5, 5.41) is 5.86. The molecule has 3 aromatic heterocycles. The van der Waals surface area contributed by atoms with Gasteiger partial charge in [-0.25, -0.2) is 14.2 Å². The highest BCUT2D eigenvalue weighted by Crippen LogP contribution is 2.33. The smallest absolute Gasteiger partial charge is 0.314 e. The zero-order chi connectivity index (χ0) is 23.1. The van der Waals surface area contributed by atoms with E-state index in [1.165, 1.54) is 18.3 Å². The van der Waals surface area contributed by atoms with Crippen molar-refractivity contribution in [3.8, 4) is 22.4 Å². The number of nitrogen functional groups attached to an aromatic ring is 1. The maximum Gasteiger partial charge on any atom is 0.314 e. The van der Waals surface area contributed by atoms with Crippen LogP contribution in [0.1, 0.15) is 18.9 Å². The van der Waals surface area contributed by atoms with Crippen LogP contribution in [0.5, 0.6) is 0 Å². The fourth-order valence-corrected chi connectivity index (χ4v) is 4.41. The molecule has 35 heavy (non-hydrogen) atoms. The number of rotatable bonds is 3. The van der Waals surface area contributed by atoms with Crippen molar-refractivity contribution < 1.29 is 9.18 Å². The van der Waals surface area contributed by atoms with Crippen LogP contribution in [0.25, 0.3) is 33.2 Å². The number of amides is 2. The number of carbonyl (C=O) groups is 1. The van der Waals surface area contributed by atoms with Crippen molar-refractivity contribution in [2.75, 3.05) is 18.8 Å². The molecule has 0 radical (unpaired) electrons. The topological polar surface area (TPSA) is 116 Å². The van der Waals surface area contributed by atoms with E-state index in [1.54, 1.807) is 23.4 Å². The zero-order valence-corrected chi connectivity index (χ0v) is 20.8. The third-order valence-corrected chi connectivity index (χ3v) is 6.40. The zero-order valence-electron chi connectivity index (χ0n) is 18.4. The Morgan fingerprint density at radius 2 is 1.77 bits per heavy atom. The highest BCUT2D eigenvalue weighted by Gasteiger charge is 2.23. The van der Waals surface area contributed by atoms with Crippen LogP contribution in [-0.2, 0) is 0 Å². The molecule has 1 saturated heterocycles. The first-order valence-corrected chi connectivity index (χ1v) is 10.9. The van der Waals surface area contributed by atoms with E-state index >= 15 is 0 Å². The summed E-state index contributed by atoms with van der Waals surface area (Å²) >= 11 is 6.28. The maximum atomic E-state index is 14.1. The van der Waals surface area contributed by atoms with Crippen LogP contribution in [-0.4, -0.2) is 43.8 Å². The van der Waals surface area contributed by atoms with Gasteiger partial charge in [-0.1, -0.05) is 11.6 Å². The Labute approximate surface area is 218 Å². The fraction of sp³-hybridized carbons (Fsp3) is 0.217. The van der Waals surface area contributed by atoms with E-state index in [9.17, 15) is 9.18 Å². The van der Waals surface area contributed by atoms with E-state index in [0.717, 1.165) is 24.0 Å². The van der Waals surface area contributed by atoms with Gasteiger partial charge < -0.3 is 16.4 Å². The second-order valence-electron chi connectivity index (χ2n) is 8.07. The number of nitrogens with zero attached hydrogens (tertiary/aromatic N) is 5. The summed E-state index contributed by atoms with van der Waals surface area (Å²) in [4.78, 5) is 21.7. The Bertz CT molecular complexity index is 1370. The molecule has 1 fully saturated rings. The summed E-state index contributed by atoms with van der Waals surface area (Å²) in [6.45, 7) is 1.22. The Morgan fingerprint density at radius 3 is 2.49 bits per heavy atom. The molecule has 4 N–H and O–H groups in total. The summed E-state index contributed by atoms with van der Waals surface area (Å²) in [6, 6.07) is 6.24. The van der Waals surface area contributed by atoms with E-state index in [1.807, 2.05) is 16.9 Å². The number of carbonyl (C=O) groups excluding carboxylic acids is 1. The highest BCUT2D eigenvalue weighted by atomic mass is 35.5. The molecule has 4 aromatic rings. The third-order valence-electron chi connectivity index (χ3n) is 6.07. The number of nitrogens with two attached hydrogens (primary N) is 2. The van der Waals surface area contributed by atoms with Crippen molar-refractivity contribution in [3.05, 3.63) is 59.9 Å². The van der Waals surface area contributed by atoms with Crippen molar-refractivity contribution in [2.45, 2.75) is 18.9 Å². The number of fused-ring (bicyclic) bond motifs is 1. The molecule has 12 heteroatoms. The molecule has 8 nitrogen and oxygen atoms in total. The molecule has 2 amide bonds. The van der Waals surface area contributed by atoms with E-state index in [0.29, 0.717) is 46.0 Å². The number of hydrogen-bond acceptors (Lipinski definition) is 5. The summed E-state index contributed by atoms with van der Waals surface area (Å²) in [6.07, 6.45) is 8.44. The number of benzene rings is 1. The molecule has 0 saturated carbocycles. The molecule has 1 aliphatic heterocycles. The number of primary amides is 1. The van der Waals surface area contributed by atoms with Crippen molar-refractivity contribution in [2.24, 2.45) is 5.73 Å². The molecular formula is C23H23Cl3FN7O. The van der Waals surface area contributed by atoms with Gasteiger partial charge in [-0.15, -0.1) is 24.8 Å². The van der Waals surface area contributed by atoms with Crippen LogP contribution < -0.4 is 11.5 Å². The predicted octanol–water partition coefficient (Wildman–Crippen LogP) is 5.09. The van der Waals surface area contributed by atoms with E-state index in [2.05, 4.69) is 15.1 Å². The molecule has 1 aromatic carbocycles. The quantitative estimate of drug-likeness (QED) is 0.377. The maximum absolute atomic E-state index is 14.1. The van der Waals surface area contributed by atoms with Gasteiger partial charge >= 0.3 is 6.03 Å². The number of halogens is 4. The van der Waals surface area contributed by atoms with Gasteiger partial charge in [-0.05, 0) is 37.1 Å². The molecule has 4 heterocycles. The SMILES string of the molecule is Cl.Cl.NC(=O)N1CCC(n2cc(-c3cnc(N)c(-c4cc5c(Cl)ccc(F)c5cn4)c3)cn2)CC1. The molecule has 0 unspecified atom stereocenters. The van der Waals surface area contributed by atoms with Crippen molar-refractivity contribution in [3.63, 3.8) is 0 Å². The van der Waals surface area contributed by atoms with Gasteiger partial charge in [0.25, 0.3) is 0 Å². The standard InChI is InChI=1S/C23H21ClFN7O.2ClH/c24-19-1-2-20(25)18-11-28-21(8-16(18)19)17-7-13(9-29-22(17)26)14-10-30-32(12-14)15-3-5-31(6-4-15)23(27)33;;/h1-2,7-12,15H,3-6H2,(H2,26,29)(H2,27,33);2*1H. The second-order valence-corrected chi connectivity index (χ2v) is 8.47. The lowest BCUT2D eigenvalue weighted by Gasteiger charge is -2.30. The number of anilines is 1. The number of aromatic nitrogens is 4. The van der Waals surface area contributed by atoms with Crippen molar-refractivity contribution in [1.82, 2.24) is 24.6 Å². The third kappa shape index (κ3) is 5.12. The monoisotopic (exact) mass is 537 g/mol. The molecule has 0 atom stereocenters. The van der Waals surface area contributed by atoms with Crippen LogP contribution in [0.15, 0.2) is 49.1 Å². The van der Waals surface area contributed by atoms with Crippen molar-refractivity contribution in [1.29, 1.82) is 0 Å². The summed E-state index contributed by atoms with van der Waals surface area (Å²) < 4.78 is 16.0. The molecule has 0 spiro atoms. The van der Waals surface area contributed by atoms with Crippen LogP contribution >= 0.6 is 36.4 Å². The Morgan fingerprint density at radius 1 is 1.03 bits per heavy atom. The lowest BCUT2D eigenvalue weighted by atomic mass is 10.0. The van der Waals surface area contributed by atoms with E-state index in [4.69, 9.17) is 23.1 Å². The molecule has 5 rings (SSSR count). The number of urea groups is 1. The lowest BCUT2D eigenvalue weighted by molar-refractivity contribution is 0.177. The minimum atomic E-state index is -0.388. The largest absolute Gasteiger partial charge is 0.383 e. The molecule has 0 aliphatic carbocycles. The summed E-state index contributed by atoms with van der Waals surface area (Å²) in [5.41, 5.74) is 14.4. The minimum absolute atomic E-state index is 0. The van der Waals surface area contributed by atoms with Crippen molar-refractivity contribution >= 4 is 59.0 Å². The van der Waals surface area contributed by atoms with Gasteiger partial charge in [0.15, 0.2) is 0 Å². The Balaban J connectivity index is 0.00000171. The second kappa shape index (κ2) is 10.6. The predicted molar refractivity (Wildman–Crippen MR) is 139 cm³/mol. The van der Waals surface area contributed by atoms with E-state index in [-0.39, 0.29) is 42.7 Å². The summed E-state index contributed by atoms with van der Waals surface area (Å²) in [5.74, 6) is -0.0771. The first-order chi connectivity index (χ1) is 15.9. The van der Waals surface area contributed by atoms with E-state index < -0.39 is 0 Å². The normalized spacial score (nSPS) is 13.8. The molecule has 0 bridgehead atoms. The van der Waals surface area contributed by atoms with Gasteiger partial charge in [0.2, 0.25) is 0 Å². The van der Waals surface area contributed by atoms with Gasteiger partial charge in [-0.2, -0.15) is 5.10 Å². The lowest BCUT2D eigenvalue weighted by Crippen LogP contribution is -2.42. The van der Waals surface area contributed by atoms with Gasteiger partial charge in [-0.3, -0.25) is 9.67 Å². The summed E-state index contributed by atoms with van der Waals surface area (Å²) in [7, 11) is 0. The van der Waals surface area contributed by atoms with Gasteiger partial charge in [0.05, 0.1) is 17.9 Å². The van der Waals surface area contributed by atoms with Gasteiger partial charge in [0, 0.05) is 64.2 Å². The number of pyridine rings is 2. The number of likely N-dealkylation sites (tertiary alicyclic amines) is 1. The average molecular weight is 539 g/mol. The average Bonchev–Trinajstić information content (AvgIpc) is 3.32. The first-order valence-electron chi connectivity index (χ1n) is 10.5. The number of piperidine rings is 1. The number of hydrogen-bond donors (Lipinski definition) is 2. The van der Waals surface area contributed by atoms with Crippen LogP contribution in [0.4, 0.5) is 15.0 Å².